The number of pyridine rings is 1. The number of nitriles is 1. The third-order valence-corrected chi connectivity index (χ3v) is 6.80. The maximum Gasteiger partial charge on any atom is 0.255 e. The van der Waals surface area contributed by atoms with Gasteiger partial charge in [-0.05, 0) is 30.0 Å². The normalized spacial score (nSPS) is 23.6. The number of likely N-dealkylation sites (tertiary alicyclic amines) is 1. The molecule has 2 saturated heterocycles. The van der Waals surface area contributed by atoms with Crippen molar-refractivity contribution in [3.63, 3.8) is 0 Å². The quantitative estimate of drug-likeness (QED) is 0.810. The summed E-state index contributed by atoms with van der Waals surface area (Å²) in [6.07, 6.45) is 1.11. The van der Waals surface area contributed by atoms with Gasteiger partial charge < -0.3 is 9.88 Å². The summed E-state index contributed by atoms with van der Waals surface area (Å²) in [5, 5.41) is 12.2. The standard InChI is InChI=1S/C24H27N5O2/c25-10-18-3-1-2-4-19(18)13-28-11-17-9-21(15-28)22-6-5-20(24(31)29(22)12-17)14-27-8-7-26-23(30)16-27/h1-6,17,21H,7-9,11-16H2,(H,26,30)/t17-,21+/m0/s1. The highest BCUT2D eigenvalue weighted by Gasteiger charge is 2.35. The van der Waals surface area contributed by atoms with Gasteiger partial charge in [0.2, 0.25) is 5.91 Å². The van der Waals surface area contributed by atoms with Crippen LogP contribution in [0.15, 0.2) is 41.2 Å². The molecule has 0 radical (unpaired) electrons. The van der Waals surface area contributed by atoms with Crippen molar-refractivity contribution in [3.8, 4) is 6.07 Å². The third-order valence-electron chi connectivity index (χ3n) is 6.80. The van der Waals surface area contributed by atoms with E-state index in [1.165, 1.54) is 0 Å². The van der Waals surface area contributed by atoms with Crippen LogP contribution in [0.5, 0.6) is 0 Å². The fourth-order valence-electron chi connectivity index (χ4n) is 5.42. The lowest BCUT2D eigenvalue weighted by Gasteiger charge is -2.43. The summed E-state index contributed by atoms with van der Waals surface area (Å²) in [5.74, 6) is 0.801. The SMILES string of the molecule is N#Cc1ccccc1CN1C[C@@H]2C[C@H](C1)c1ccc(CN3CCNC(=O)C3)c(=O)n1C2. The second-order valence-electron chi connectivity index (χ2n) is 9.02. The molecule has 3 aliphatic heterocycles. The van der Waals surface area contributed by atoms with Gasteiger partial charge in [0.05, 0.1) is 18.2 Å². The molecule has 1 amide bonds. The lowest BCUT2D eigenvalue weighted by Crippen LogP contribution is -2.49. The summed E-state index contributed by atoms with van der Waals surface area (Å²) >= 11 is 0. The van der Waals surface area contributed by atoms with Gasteiger partial charge in [-0.3, -0.25) is 19.4 Å². The molecule has 31 heavy (non-hydrogen) atoms. The molecular formula is C24H27N5O2. The smallest absolute Gasteiger partial charge is 0.255 e. The summed E-state index contributed by atoms with van der Waals surface area (Å²) in [6.45, 7) is 5.66. The summed E-state index contributed by atoms with van der Waals surface area (Å²) in [7, 11) is 0. The maximum atomic E-state index is 13.2. The Morgan fingerprint density at radius 3 is 2.68 bits per heavy atom. The molecule has 7 heteroatoms. The summed E-state index contributed by atoms with van der Waals surface area (Å²) in [4.78, 5) is 29.4. The van der Waals surface area contributed by atoms with Gasteiger partial charge in [0.15, 0.2) is 0 Å². The van der Waals surface area contributed by atoms with Gasteiger partial charge in [0.1, 0.15) is 0 Å². The topological polar surface area (TPSA) is 81.4 Å². The molecule has 0 unspecified atom stereocenters. The highest BCUT2D eigenvalue weighted by atomic mass is 16.2. The van der Waals surface area contributed by atoms with Gasteiger partial charge >= 0.3 is 0 Å². The van der Waals surface area contributed by atoms with E-state index in [1.54, 1.807) is 0 Å². The molecule has 1 N–H and O–H groups in total. The number of hydrogen-bond donors (Lipinski definition) is 1. The van der Waals surface area contributed by atoms with Crippen LogP contribution in [-0.2, 0) is 24.4 Å². The van der Waals surface area contributed by atoms with E-state index in [1.807, 2.05) is 39.8 Å². The average molecular weight is 418 g/mol. The Labute approximate surface area is 181 Å². The summed E-state index contributed by atoms with van der Waals surface area (Å²) < 4.78 is 1.98. The number of nitrogens with one attached hydrogen (secondary N) is 1. The molecule has 2 bridgehead atoms. The highest BCUT2D eigenvalue weighted by molar-refractivity contribution is 5.78. The van der Waals surface area contributed by atoms with Crippen LogP contribution in [0, 0.1) is 17.2 Å². The van der Waals surface area contributed by atoms with Gasteiger partial charge in [-0.2, -0.15) is 5.26 Å². The van der Waals surface area contributed by atoms with Crippen molar-refractivity contribution in [3.05, 3.63) is 69.1 Å². The number of benzene rings is 1. The van der Waals surface area contributed by atoms with E-state index in [2.05, 4.69) is 22.4 Å². The predicted molar refractivity (Wildman–Crippen MR) is 116 cm³/mol. The molecular weight excluding hydrogens is 390 g/mol. The van der Waals surface area contributed by atoms with Crippen LogP contribution >= 0.6 is 0 Å². The largest absolute Gasteiger partial charge is 0.354 e. The van der Waals surface area contributed by atoms with Crippen molar-refractivity contribution in [1.29, 1.82) is 5.26 Å². The molecule has 3 aliphatic rings. The van der Waals surface area contributed by atoms with Crippen LogP contribution < -0.4 is 10.9 Å². The number of piperidine rings is 1. The number of aromatic nitrogens is 1. The van der Waals surface area contributed by atoms with E-state index in [0.29, 0.717) is 31.5 Å². The number of hydrogen-bond acceptors (Lipinski definition) is 5. The zero-order valence-corrected chi connectivity index (χ0v) is 17.6. The van der Waals surface area contributed by atoms with E-state index in [9.17, 15) is 14.9 Å². The second kappa shape index (κ2) is 8.29. The van der Waals surface area contributed by atoms with E-state index >= 15 is 0 Å². The molecule has 0 aliphatic carbocycles. The summed E-state index contributed by atoms with van der Waals surface area (Å²) in [6, 6.07) is 14.2. The third kappa shape index (κ3) is 4.01. The molecule has 1 aromatic carbocycles. The molecule has 0 saturated carbocycles. The summed E-state index contributed by atoms with van der Waals surface area (Å²) in [5.41, 5.74) is 3.81. The van der Waals surface area contributed by atoms with Gasteiger partial charge in [-0.25, -0.2) is 0 Å². The van der Waals surface area contributed by atoms with Gasteiger partial charge in [0, 0.05) is 63.0 Å². The van der Waals surface area contributed by atoms with Crippen molar-refractivity contribution in [2.24, 2.45) is 5.92 Å². The van der Waals surface area contributed by atoms with Crippen molar-refractivity contribution in [1.82, 2.24) is 19.7 Å². The molecule has 4 heterocycles. The van der Waals surface area contributed by atoms with Gasteiger partial charge in [0.25, 0.3) is 5.56 Å². The lowest BCUT2D eigenvalue weighted by molar-refractivity contribution is -0.124. The number of fused-ring (bicyclic) bond motifs is 4. The lowest BCUT2D eigenvalue weighted by atomic mass is 9.82. The van der Waals surface area contributed by atoms with Gasteiger partial charge in [-0.15, -0.1) is 0 Å². The number of carbonyl (C=O) groups excluding carboxylic acids is 1. The van der Waals surface area contributed by atoms with Gasteiger partial charge in [-0.1, -0.05) is 24.3 Å². The molecule has 2 aromatic rings. The van der Waals surface area contributed by atoms with E-state index in [4.69, 9.17) is 0 Å². The van der Waals surface area contributed by atoms with Crippen LogP contribution in [-0.4, -0.2) is 53.0 Å². The molecule has 2 fully saturated rings. The minimum Gasteiger partial charge on any atom is -0.354 e. The first kappa shape index (κ1) is 20.0. The molecule has 7 nitrogen and oxygen atoms in total. The number of nitrogens with zero attached hydrogens (tertiary/aromatic N) is 4. The van der Waals surface area contributed by atoms with Crippen LogP contribution in [0.2, 0.25) is 0 Å². The molecule has 1 aromatic heterocycles. The minimum absolute atomic E-state index is 0.0249. The van der Waals surface area contributed by atoms with Crippen LogP contribution in [0.4, 0.5) is 0 Å². The first-order chi connectivity index (χ1) is 15.1. The Kier molecular flexibility index (Phi) is 5.34. The van der Waals surface area contributed by atoms with E-state index < -0.39 is 0 Å². The Morgan fingerprint density at radius 2 is 1.84 bits per heavy atom. The Morgan fingerprint density at radius 1 is 1.00 bits per heavy atom. The zero-order chi connectivity index (χ0) is 21.4. The number of piperazine rings is 1. The number of rotatable bonds is 4. The van der Waals surface area contributed by atoms with E-state index in [-0.39, 0.29) is 11.5 Å². The Hall–Kier alpha value is -2.95. The monoisotopic (exact) mass is 417 g/mol. The first-order valence-corrected chi connectivity index (χ1v) is 11.0. The van der Waals surface area contributed by atoms with Crippen LogP contribution in [0.25, 0.3) is 0 Å². The number of amides is 1. The maximum absolute atomic E-state index is 13.2. The molecule has 2 atom stereocenters. The molecule has 160 valence electrons. The second-order valence-corrected chi connectivity index (χ2v) is 9.02. The average Bonchev–Trinajstić information content (AvgIpc) is 2.76. The number of carbonyl (C=O) groups is 1. The van der Waals surface area contributed by atoms with Crippen molar-refractivity contribution in [2.75, 3.05) is 32.7 Å². The van der Waals surface area contributed by atoms with Crippen molar-refractivity contribution >= 4 is 5.91 Å². The Bertz CT molecular complexity index is 1100. The van der Waals surface area contributed by atoms with Crippen LogP contribution in [0.1, 0.15) is 34.7 Å². The predicted octanol–water partition coefficient (Wildman–Crippen LogP) is 1.27. The fraction of sp³-hybridized carbons (Fsp3) is 0.458. The van der Waals surface area contributed by atoms with Crippen molar-refractivity contribution in [2.45, 2.75) is 32.0 Å². The minimum atomic E-state index is 0.0249. The first-order valence-electron chi connectivity index (χ1n) is 11.0. The van der Waals surface area contributed by atoms with Crippen LogP contribution in [0.3, 0.4) is 0 Å². The fourth-order valence-corrected chi connectivity index (χ4v) is 5.42. The van der Waals surface area contributed by atoms with Crippen molar-refractivity contribution < 1.29 is 4.79 Å². The zero-order valence-electron chi connectivity index (χ0n) is 17.6. The molecule has 5 rings (SSSR count). The Balaban J connectivity index is 1.34. The van der Waals surface area contributed by atoms with E-state index in [0.717, 1.165) is 61.5 Å². The molecule has 0 spiro atoms. The highest BCUT2D eigenvalue weighted by Crippen LogP contribution is 2.36.